The van der Waals surface area contributed by atoms with Gasteiger partial charge in [0.2, 0.25) is 0 Å². The zero-order valence-corrected chi connectivity index (χ0v) is 14.4. The molecule has 120 valence electrons. The van der Waals surface area contributed by atoms with Crippen LogP contribution in [-0.4, -0.2) is 6.61 Å². The summed E-state index contributed by atoms with van der Waals surface area (Å²) in [6.45, 7) is 10.8. The molecule has 0 spiro atoms. The molecule has 0 aliphatic carbocycles. The van der Waals surface area contributed by atoms with Crippen molar-refractivity contribution in [1.82, 2.24) is 0 Å². The molecule has 0 atom stereocenters. The summed E-state index contributed by atoms with van der Waals surface area (Å²) in [6.07, 6.45) is 12.6. The monoisotopic (exact) mass is 290 g/mol. The zero-order valence-electron chi connectivity index (χ0n) is 14.4. The Labute approximate surface area is 132 Å². The van der Waals surface area contributed by atoms with Crippen molar-refractivity contribution < 1.29 is 4.74 Å². The Morgan fingerprint density at radius 2 is 1.38 bits per heavy atom. The summed E-state index contributed by atoms with van der Waals surface area (Å²) in [5.74, 6) is 0.966. The van der Waals surface area contributed by atoms with Crippen LogP contribution in [0.2, 0.25) is 0 Å². The minimum atomic E-state index is 0.836. The highest BCUT2D eigenvalue weighted by atomic mass is 16.5. The van der Waals surface area contributed by atoms with E-state index in [1.165, 1.54) is 44.9 Å². The molecule has 0 amide bonds. The van der Waals surface area contributed by atoms with Crippen molar-refractivity contribution in [3.63, 3.8) is 0 Å². The molecule has 0 aliphatic rings. The number of rotatable bonds is 11. The van der Waals surface area contributed by atoms with Crippen molar-refractivity contribution >= 4 is 6.08 Å². The largest absolute Gasteiger partial charge is 0.494 e. The van der Waals surface area contributed by atoms with E-state index in [9.17, 15) is 0 Å². The lowest BCUT2D eigenvalue weighted by atomic mass is 10.1. The maximum atomic E-state index is 5.72. The van der Waals surface area contributed by atoms with Crippen LogP contribution in [0.4, 0.5) is 0 Å². The molecule has 1 nitrogen and oxygen atoms in total. The van der Waals surface area contributed by atoms with E-state index < -0.39 is 0 Å². The van der Waals surface area contributed by atoms with Crippen LogP contribution in [0.15, 0.2) is 30.8 Å². The summed E-state index contributed by atoms with van der Waals surface area (Å²) in [6, 6.07) is 8.11. The van der Waals surface area contributed by atoms with Gasteiger partial charge in [-0.3, -0.25) is 0 Å². The van der Waals surface area contributed by atoms with Crippen molar-refractivity contribution in [3.05, 3.63) is 36.4 Å². The third-order valence-corrected chi connectivity index (χ3v) is 3.38. The van der Waals surface area contributed by atoms with Gasteiger partial charge in [-0.25, -0.2) is 0 Å². The summed E-state index contributed by atoms with van der Waals surface area (Å²) in [5, 5.41) is 0. The maximum absolute atomic E-state index is 5.72. The third-order valence-electron chi connectivity index (χ3n) is 3.38. The molecule has 0 saturated carbocycles. The van der Waals surface area contributed by atoms with E-state index in [4.69, 9.17) is 4.74 Å². The fourth-order valence-corrected chi connectivity index (χ4v) is 2.13. The Hall–Kier alpha value is -1.24. The molecule has 0 aliphatic heterocycles. The normalized spacial score (nSPS) is 9.67. The number of benzene rings is 1. The Bertz CT molecular complexity index is 326. The van der Waals surface area contributed by atoms with Gasteiger partial charge < -0.3 is 4.74 Å². The number of hydrogen-bond donors (Lipinski definition) is 0. The van der Waals surface area contributed by atoms with Crippen LogP contribution < -0.4 is 4.74 Å². The molecule has 0 aromatic heterocycles. The van der Waals surface area contributed by atoms with Crippen LogP contribution in [0.3, 0.4) is 0 Å². The molecule has 0 heterocycles. The van der Waals surface area contributed by atoms with Gasteiger partial charge in [0, 0.05) is 0 Å². The highest BCUT2D eigenvalue weighted by molar-refractivity contribution is 5.48. The molecular formula is C20H34O. The lowest BCUT2D eigenvalue weighted by Crippen LogP contribution is -1.97. The van der Waals surface area contributed by atoms with Gasteiger partial charge >= 0.3 is 0 Å². The lowest BCUT2D eigenvalue weighted by Gasteiger charge is -2.06. The van der Waals surface area contributed by atoms with Crippen LogP contribution in [0.1, 0.15) is 77.7 Å². The second-order valence-electron chi connectivity index (χ2n) is 5.10. The SMILES string of the molecule is C=Cc1ccc(OCCCCCCCCCC)cc1.CC. The Morgan fingerprint density at radius 1 is 0.857 bits per heavy atom. The minimum Gasteiger partial charge on any atom is -0.494 e. The minimum absolute atomic E-state index is 0.836. The van der Waals surface area contributed by atoms with Crippen LogP contribution in [0.5, 0.6) is 5.75 Å². The summed E-state index contributed by atoms with van der Waals surface area (Å²) < 4.78 is 5.72. The Morgan fingerprint density at radius 3 is 1.90 bits per heavy atom. The summed E-state index contributed by atoms with van der Waals surface area (Å²) >= 11 is 0. The van der Waals surface area contributed by atoms with Crippen molar-refractivity contribution in [3.8, 4) is 5.75 Å². The van der Waals surface area contributed by atoms with E-state index >= 15 is 0 Å². The van der Waals surface area contributed by atoms with Gasteiger partial charge in [0.15, 0.2) is 0 Å². The first-order chi connectivity index (χ1) is 10.4. The molecule has 0 fully saturated rings. The first kappa shape index (κ1) is 19.8. The zero-order chi connectivity index (χ0) is 15.8. The molecule has 1 aromatic rings. The summed E-state index contributed by atoms with van der Waals surface area (Å²) in [5.41, 5.74) is 1.14. The van der Waals surface area contributed by atoms with Gasteiger partial charge in [0.25, 0.3) is 0 Å². The Balaban J connectivity index is 0.00000191. The van der Waals surface area contributed by atoms with Crippen LogP contribution in [0, 0.1) is 0 Å². The molecule has 21 heavy (non-hydrogen) atoms. The second-order valence-corrected chi connectivity index (χ2v) is 5.10. The topological polar surface area (TPSA) is 9.23 Å². The first-order valence-electron chi connectivity index (χ1n) is 8.72. The fraction of sp³-hybridized carbons (Fsp3) is 0.600. The maximum Gasteiger partial charge on any atom is 0.119 e. The molecule has 1 heteroatoms. The van der Waals surface area contributed by atoms with Gasteiger partial charge in [-0.1, -0.05) is 90.5 Å². The molecule has 1 rings (SSSR count). The number of unbranched alkanes of at least 4 members (excludes halogenated alkanes) is 7. The fourth-order valence-electron chi connectivity index (χ4n) is 2.13. The van der Waals surface area contributed by atoms with Crippen molar-refractivity contribution in [2.45, 2.75) is 72.1 Å². The van der Waals surface area contributed by atoms with E-state index in [-0.39, 0.29) is 0 Å². The van der Waals surface area contributed by atoms with Gasteiger partial charge in [-0.05, 0) is 24.1 Å². The number of ether oxygens (including phenoxy) is 1. The molecular weight excluding hydrogens is 256 g/mol. The van der Waals surface area contributed by atoms with Crippen LogP contribution >= 0.6 is 0 Å². The van der Waals surface area contributed by atoms with Gasteiger partial charge in [-0.15, -0.1) is 0 Å². The number of hydrogen-bond acceptors (Lipinski definition) is 1. The highest BCUT2D eigenvalue weighted by Gasteiger charge is 1.95. The average molecular weight is 290 g/mol. The van der Waals surface area contributed by atoms with Crippen LogP contribution in [-0.2, 0) is 0 Å². The van der Waals surface area contributed by atoms with E-state index in [1.54, 1.807) is 0 Å². The van der Waals surface area contributed by atoms with E-state index in [0.717, 1.165) is 24.3 Å². The van der Waals surface area contributed by atoms with Gasteiger partial charge in [0.05, 0.1) is 6.61 Å². The molecule has 0 saturated heterocycles. The summed E-state index contributed by atoms with van der Waals surface area (Å²) in [4.78, 5) is 0. The average Bonchev–Trinajstić information content (AvgIpc) is 2.56. The van der Waals surface area contributed by atoms with Gasteiger partial charge in [-0.2, -0.15) is 0 Å². The van der Waals surface area contributed by atoms with Crippen molar-refractivity contribution in [2.75, 3.05) is 6.61 Å². The first-order valence-corrected chi connectivity index (χ1v) is 8.72. The highest BCUT2D eigenvalue weighted by Crippen LogP contribution is 2.14. The molecule has 0 N–H and O–H groups in total. The quantitative estimate of drug-likeness (QED) is 0.404. The molecule has 1 aromatic carbocycles. The van der Waals surface area contributed by atoms with Gasteiger partial charge in [0.1, 0.15) is 5.75 Å². The van der Waals surface area contributed by atoms with E-state index in [2.05, 4.69) is 13.5 Å². The Kier molecular flexibility index (Phi) is 14.3. The van der Waals surface area contributed by atoms with E-state index in [1.807, 2.05) is 44.2 Å². The van der Waals surface area contributed by atoms with Crippen molar-refractivity contribution in [1.29, 1.82) is 0 Å². The smallest absolute Gasteiger partial charge is 0.119 e. The van der Waals surface area contributed by atoms with Crippen molar-refractivity contribution in [2.24, 2.45) is 0 Å². The third kappa shape index (κ3) is 11.1. The second kappa shape index (κ2) is 15.2. The summed E-state index contributed by atoms with van der Waals surface area (Å²) in [7, 11) is 0. The predicted molar refractivity (Wildman–Crippen MR) is 96.0 cm³/mol. The predicted octanol–water partition coefficient (Wildman–Crippen LogP) is 6.88. The van der Waals surface area contributed by atoms with E-state index in [0.29, 0.717) is 0 Å². The molecule has 0 bridgehead atoms. The standard InChI is InChI=1S/C18H28O.C2H6/c1-3-5-6-7-8-9-10-11-16-19-18-14-12-17(4-2)13-15-18;1-2/h4,12-15H,2-3,5-11,16H2,1H3;1-2H3. The molecule has 0 unspecified atom stereocenters. The molecule has 0 radical (unpaired) electrons. The van der Waals surface area contributed by atoms with Crippen LogP contribution in [0.25, 0.3) is 6.08 Å². The lowest BCUT2D eigenvalue weighted by molar-refractivity contribution is 0.304.